The average molecular weight is 266 g/mol. The molecular weight excluding hydrogens is 254 g/mol. The van der Waals surface area contributed by atoms with Gasteiger partial charge in [0.2, 0.25) is 5.95 Å². The molecule has 18 heavy (non-hydrogen) atoms. The smallest absolute Gasteiger partial charge is 0.201 e. The number of benzene rings is 1. The Labute approximate surface area is 109 Å². The lowest BCUT2D eigenvalue weighted by Crippen LogP contribution is -2.15. The number of nitrogens with zero attached hydrogens (tertiary/aromatic N) is 2. The molecule has 5 nitrogen and oxygen atoms in total. The third-order valence-electron chi connectivity index (χ3n) is 2.88. The predicted octanol–water partition coefficient (Wildman–Crippen LogP) is 2.09. The van der Waals surface area contributed by atoms with Crippen LogP contribution in [0.15, 0.2) is 18.2 Å². The summed E-state index contributed by atoms with van der Waals surface area (Å²) in [5.74, 6) is 1.83. The quantitative estimate of drug-likeness (QED) is 0.858. The summed E-state index contributed by atoms with van der Waals surface area (Å²) in [6.45, 7) is 1.12. The molecule has 0 saturated heterocycles. The third kappa shape index (κ3) is 1.67. The van der Waals surface area contributed by atoms with Crippen molar-refractivity contribution in [2.75, 3.05) is 18.9 Å². The van der Waals surface area contributed by atoms with Crippen LogP contribution in [0, 0.1) is 0 Å². The first-order valence-corrected chi connectivity index (χ1v) is 5.92. The van der Waals surface area contributed by atoms with E-state index in [0.29, 0.717) is 35.8 Å². The minimum Gasteiger partial charge on any atom is -0.486 e. The van der Waals surface area contributed by atoms with E-state index in [1.165, 1.54) is 0 Å². The van der Waals surface area contributed by atoms with E-state index >= 15 is 0 Å². The van der Waals surface area contributed by atoms with Crippen LogP contribution in [0.2, 0.25) is 5.15 Å². The summed E-state index contributed by atoms with van der Waals surface area (Å²) in [4.78, 5) is 4.24. The first kappa shape index (κ1) is 11.2. The molecule has 3 rings (SSSR count). The Kier molecular flexibility index (Phi) is 2.56. The van der Waals surface area contributed by atoms with Crippen molar-refractivity contribution >= 4 is 17.5 Å². The monoisotopic (exact) mass is 265 g/mol. The maximum absolute atomic E-state index is 6.18. The summed E-state index contributed by atoms with van der Waals surface area (Å²) in [5.41, 5.74) is 7.23. The van der Waals surface area contributed by atoms with Crippen LogP contribution in [0.5, 0.6) is 11.5 Å². The maximum Gasteiger partial charge on any atom is 0.201 e. The van der Waals surface area contributed by atoms with Gasteiger partial charge in [0.1, 0.15) is 24.1 Å². The molecule has 2 N–H and O–H groups in total. The van der Waals surface area contributed by atoms with Crippen molar-refractivity contribution in [1.82, 2.24) is 9.55 Å². The highest BCUT2D eigenvalue weighted by atomic mass is 35.5. The van der Waals surface area contributed by atoms with E-state index in [2.05, 4.69) is 4.98 Å². The molecule has 1 aromatic heterocycles. The second-order valence-electron chi connectivity index (χ2n) is 4.03. The van der Waals surface area contributed by atoms with E-state index in [1.54, 1.807) is 11.6 Å². The first-order chi connectivity index (χ1) is 8.66. The van der Waals surface area contributed by atoms with Gasteiger partial charge in [0.05, 0.1) is 0 Å². The molecule has 94 valence electrons. The van der Waals surface area contributed by atoms with Gasteiger partial charge in [-0.2, -0.15) is 0 Å². The fraction of sp³-hybridized carbons (Fsp3) is 0.250. The molecule has 1 aliphatic rings. The highest BCUT2D eigenvalue weighted by molar-refractivity contribution is 6.32. The molecule has 0 fully saturated rings. The van der Waals surface area contributed by atoms with Crippen molar-refractivity contribution < 1.29 is 9.47 Å². The molecule has 6 heteroatoms. The summed E-state index contributed by atoms with van der Waals surface area (Å²) in [7, 11) is 1.77. The van der Waals surface area contributed by atoms with Crippen LogP contribution < -0.4 is 15.2 Å². The number of hydrogen-bond donors (Lipinski definition) is 1. The van der Waals surface area contributed by atoms with Crippen LogP contribution in [0.1, 0.15) is 0 Å². The highest BCUT2D eigenvalue weighted by Crippen LogP contribution is 2.36. The number of ether oxygens (including phenoxy) is 2. The fourth-order valence-electron chi connectivity index (χ4n) is 1.87. The number of hydrogen-bond acceptors (Lipinski definition) is 4. The predicted molar refractivity (Wildman–Crippen MR) is 69.1 cm³/mol. The number of nitrogen functional groups attached to an aromatic ring is 1. The van der Waals surface area contributed by atoms with Gasteiger partial charge in [-0.25, -0.2) is 4.98 Å². The van der Waals surface area contributed by atoms with E-state index < -0.39 is 0 Å². The average Bonchev–Trinajstić information content (AvgIpc) is 2.66. The third-order valence-corrected chi connectivity index (χ3v) is 3.31. The zero-order valence-corrected chi connectivity index (χ0v) is 10.6. The lowest BCUT2D eigenvalue weighted by atomic mass is 10.1. The van der Waals surface area contributed by atoms with Crippen LogP contribution in [0.3, 0.4) is 0 Å². The topological polar surface area (TPSA) is 62.3 Å². The Morgan fingerprint density at radius 2 is 2.00 bits per heavy atom. The van der Waals surface area contributed by atoms with Crippen LogP contribution in [-0.2, 0) is 7.05 Å². The van der Waals surface area contributed by atoms with E-state index in [9.17, 15) is 0 Å². The molecule has 1 aliphatic heterocycles. The van der Waals surface area contributed by atoms with Crippen molar-refractivity contribution in [3.63, 3.8) is 0 Å². The largest absolute Gasteiger partial charge is 0.486 e. The van der Waals surface area contributed by atoms with Gasteiger partial charge in [-0.15, -0.1) is 0 Å². The normalized spacial score (nSPS) is 13.7. The fourth-order valence-corrected chi connectivity index (χ4v) is 2.11. The number of imidazole rings is 1. The second kappa shape index (κ2) is 4.10. The van der Waals surface area contributed by atoms with Crippen molar-refractivity contribution in [1.29, 1.82) is 0 Å². The number of anilines is 1. The van der Waals surface area contributed by atoms with E-state index in [-0.39, 0.29) is 0 Å². The van der Waals surface area contributed by atoms with Crippen LogP contribution >= 0.6 is 11.6 Å². The molecule has 0 unspecified atom stereocenters. The molecular formula is C12H12ClN3O2. The first-order valence-electron chi connectivity index (χ1n) is 5.54. The second-order valence-corrected chi connectivity index (χ2v) is 4.38. The van der Waals surface area contributed by atoms with Gasteiger partial charge in [0.15, 0.2) is 11.5 Å². The number of rotatable bonds is 1. The summed E-state index contributed by atoms with van der Waals surface area (Å²) in [6.07, 6.45) is 0. The Morgan fingerprint density at radius 1 is 1.28 bits per heavy atom. The van der Waals surface area contributed by atoms with Gasteiger partial charge >= 0.3 is 0 Å². The minimum atomic E-state index is 0.380. The SMILES string of the molecule is Cn1c(N)nc(-c2ccc3c(c2)OCCO3)c1Cl. The van der Waals surface area contributed by atoms with Crippen LogP contribution in [0.4, 0.5) is 5.95 Å². The molecule has 0 aliphatic carbocycles. The van der Waals surface area contributed by atoms with Gasteiger partial charge in [-0.1, -0.05) is 11.6 Å². The lowest BCUT2D eigenvalue weighted by molar-refractivity contribution is 0.171. The Morgan fingerprint density at radius 3 is 2.67 bits per heavy atom. The van der Waals surface area contributed by atoms with Crippen LogP contribution in [0.25, 0.3) is 11.3 Å². The van der Waals surface area contributed by atoms with Gasteiger partial charge in [-0.05, 0) is 18.2 Å². The molecule has 0 radical (unpaired) electrons. The van der Waals surface area contributed by atoms with Gasteiger partial charge in [-0.3, -0.25) is 0 Å². The van der Waals surface area contributed by atoms with E-state index in [4.69, 9.17) is 26.8 Å². The van der Waals surface area contributed by atoms with Crippen LogP contribution in [-0.4, -0.2) is 22.8 Å². The van der Waals surface area contributed by atoms with E-state index in [0.717, 1.165) is 11.3 Å². The van der Waals surface area contributed by atoms with Gasteiger partial charge < -0.3 is 19.8 Å². The molecule has 2 heterocycles. The molecule has 0 spiro atoms. The zero-order valence-electron chi connectivity index (χ0n) is 9.81. The molecule has 0 amide bonds. The molecule has 0 atom stereocenters. The summed E-state index contributed by atoms with van der Waals surface area (Å²) in [5, 5.41) is 0.504. The number of fused-ring (bicyclic) bond motifs is 1. The summed E-state index contributed by atoms with van der Waals surface area (Å²) in [6, 6.07) is 5.61. The number of halogens is 1. The standard InChI is InChI=1S/C12H12ClN3O2/c1-16-11(13)10(15-12(16)14)7-2-3-8-9(6-7)18-5-4-17-8/h2-3,6H,4-5H2,1H3,(H2,14,15). The molecule has 0 saturated carbocycles. The number of aromatic nitrogens is 2. The van der Waals surface area contributed by atoms with Crippen molar-refractivity contribution in [2.24, 2.45) is 7.05 Å². The minimum absolute atomic E-state index is 0.380. The Hall–Kier alpha value is -1.88. The Balaban J connectivity index is 2.09. The Bertz CT molecular complexity index is 610. The van der Waals surface area contributed by atoms with Gasteiger partial charge in [0.25, 0.3) is 0 Å². The maximum atomic E-state index is 6.18. The molecule has 2 aromatic rings. The highest BCUT2D eigenvalue weighted by Gasteiger charge is 2.17. The lowest BCUT2D eigenvalue weighted by Gasteiger charge is -2.18. The summed E-state index contributed by atoms with van der Waals surface area (Å²) < 4.78 is 12.6. The zero-order chi connectivity index (χ0) is 12.7. The van der Waals surface area contributed by atoms with Crippen molar-refractivity contribution in [3.8, 4) is 22.8 Å². The van der Waals surface area contributed by atoms with Crippen molar-refractivity contribution in [3.05, 3.63) is 23.4 Å². The molecule has 0 bridgehead atoms. The van der Waals surface area contributed by atoms with E-state index in [1.807, 2.05) is 18.2 Å². The van der Waals surface area contributed by atoms with Crippen molar-refractivity contribution in [2.45, 2.75) is 0 Å². The number of nitrogens with two attached hydrogens (primary N) is 1. The van der Waals surface area contributed by atoms with Gasteiger partial charge in [0, 0.05) is 12.6 Å². The molecule has 1 aromatic carbocycles. The summed E-state index contributed by atoms with van der Waals surface area (Å²) >= 11 is 6.18.